The maximum atomic E-state index is 9.39. The van der Waals surface area contributed by atoms with Crippen LogP contribution in [0.3, 0.4) is 0 Å². The van der Waals surface area contributed by atoms with Gasteiger partial charge in [-0.3, -0.25) is 0 Å². The van der Waals surface area contributed by atoms with E-state index in [9.17, 15) is 35.7 Å². The zero-order valence-electron chi connectivity index (χ0n) is 32.3. The number of rotatable bonds is 0. The van der Waals surface area contributed by atoms with Gasteiger partial charge in [0.15, 0.2) is 0 Å². The predicted octanol–water partition coefficient (Wildman–Crippen LogP) is 11.9. The first kappa shape index (κ1) is 41.3. The fourth-order valence-electron chi connectivity index (χ4n) is 6.42. The van der Waals surface area contributed by atoms with E-state index >= 15 is 0 Å². The molecule has 10 aromatic carbocycles. The lowest BCUT2D eigenvalue weighted by Gasteiger charge is -2.01. The van der Waals surface area contributed by atoms with Crippen molar-refractivity contribution in [1.82, 2.24) is 0 Å². The van der Waals surface area contributed by atoms with Crippen molar-refractivity contribution < 1.29 is 46.0 Å². The highest BCUT2D eigenvalue weighted by Gasteiger charge is 2.04. The molecule has 0 saturated heterocycles. The van der Waals surface area contributed by atoms with Crippen molar-refractivity contribution >= 4 is 53.9 Å². The molecule has 0 radical (unpaired) electrons. The van der Waals surface area contributed by atoms with Crippen LogP contribution in [0.25, 0.3) is 53.9 Å². The topological polar surface area (TPSA) is 182 Å². The monoisotopic (exact) mass is 798 g/mol. The third-order valence-corrected chi connectivity index (χ3v) is 9.40. The van der Waals surface area contributed by atoms with E-state index in [0.29, 0.717) is 27.3 Å². The van der Waals surface area contributed by atoms with E-state index in [2.05, 4.69) is 18.2 Å². The first-order chi connectivity index (χ1) is 28.9. The average molecular weight is 799 g/mol. The molecular weight excluding hydrogens is 757 g/mol. The van der Waals surface area contributed by atoms with Gasteiger partial charge in [0.25, 0.3) is 0 Å². The highest BCUT2D eigenvalue weighted by Crippen LogP contribution is 2.33. The summed E-state index contributed by atoms with van der Waals surface area (Å²) in [6, 6.07) is 52.3. The van der Waals surface area contributed by atoms with Gasteiger partial charge < -0.3 is 46.0 Å². The van der Waals surface area contributed by atoms with Gasteiger partial charge in [0.1, 0.15) is 51.7 Å². The molecule has 10 rings (SSSR count). The molecule has 60 heavy (non-hydrogen) atoms. The van der Waals surface area contributed by atoms with E-state index in [-0.39, 0.29) is 46.0 Å². The predicted molar refractivity (Wildman–Crippen MR) is 239 cm³/mol. The molecule has 0 aromatic heterocycles. The Hall–Kier alpha value is -8.30. The summed E-state index contributed by atoms with van der Waals surface area (Å²) >= 11 is 0. The third-order valence-electron chi connectivity index (χ3n) is 9.40. The third kappa shape index (κ3) is 10.2. The van der Waals surface area contributed by atoms with Gasteiger partial charge in [-0.2, -0.15) is 0 Å². The lowest BCUT2D eigenvalue weighted by atomic mass is 10.1. The van der Waals surface area contributed by atoms with Gasteiger partial charge in [-0.1, -0.05) is 109 Å². The molecule has 9 heteroatoms. The van der Waals surface area contributed by atoms with Crippen molar-refractivity contribution in [2.24, 2.45) is 0 Å². The number of phenols is 9. The van der Waals surface area contributed by atoms with Crippen LogP contribution in [0.5, 0.6) is 51.7 Å². The molecule has 9 nitrogen and oxygen atoms in total. The van der Waals surface area contributed by atoms with Gasteiger partial charge in [0, 0.05) is 21.5 Å². The van der Waals surface area contributed by atoms with Crippen molar-refractivity contribution in [2.75, 3.05) is 0 Å². The summed E-state index contributed by atoms with van der Waals surface area (Å²) in [4.78, 5) is 0. The Bertz CT molecular complexity index is 2930. The molecule has 0 aliphatic carbocycles. The second-order valence-electron chi connectivity index (χ2n) is 13.7. The van der Waals surface area contributed by atoms with Crippen LogP contribution in [0, 0.1) is 6.92 Å². The molecule has 9 N–H and O–H groups in total. The van der Waals surface area contributed by atoms with Crippen molar-refractivity contribution in [2.45, 2.75) is 6.92 Å². The van der Waals surface area contributed by atoms with Crippen LogP contribution in [0.15, 0.2) is 182 Å². The second-order valence-corrected chi connectivity index (χ2v) is 13.7. The van der Waals surface area contributed by atoms with E-state index in [1.807, 2.05) is 49.4 Å². The number of aryl methyl sites for hydroxylation is 1. The molecule has 10 aromatic rings. The molecule has 0 amide bonds. The zero-order valence-corrected chi connectivity index (χ0v) is 32.3. The summed E-state index contributed by atoms with van der Waals surface area (Å²) in [5.74, 6) is 1.78. The molecule has 0 saturated carbocycles. The highest BCUT2D eigenvalue weighted by atomic mass is 16.3. The van der Waals surface area contributed by atoms with E-state index in [0.717, 1.165) is 26.9 Å². The minimum atomic E-state index is 0.116. The first-order valence-electron chi connectivity index (χ1n) is 18.7. The zero-order chi connectivity index (χ0) is 42.8. The Morgan fingerprint density at radius 2 is 0.683 bits per heavy atom. The molecule has 0 aliphatic rings. The van der Waals surface area contributed by atoms with Gasteiger partial charge in [0.05, 0.1) is 5.39 Å². The Balaban J connectivity index is 0.000000126. The molecular formula is C51H42O9. The van der Waals surface area contributed by atoms with Gasteiger partial charge in [0.2, 0.25) is 0 Å². The smallest absolute Gasteiger partial charge is 0.127 e. The Kier molecular flexibility index (Phi) is 12.9. The number of hydrogen-bond acceptors (Lipinski definition) is 9. The maximum absolute atomic E-state index is 9.39. The summed E-state index contributed by atoms with van der Waals surface area (Å²) in [5.41, 5.74) is 1.22. The highest BCUT2D eigenvalue weighted by molar-refractivity contribution is 5.94. The van der Waals surface area contributed by atoms with Crippen LogP contribution in [0.2, 0.25) is 0 Å². The number of fused-ring (bicyclic) bond motifs is 5. The lowest BCUT2D eigenvalue weighted by Crippen LogP contribution is -1.74. The summed E-state index contributed by atoms with van der Waals surface area (Å²) in [6.07, 6.45) is 0. The van der Waals surface area contributed by atoms with Crippen LogP contribution in [-0.2, 0) is 0 Å². The van der Waals surface area contributed by atoms with Crippen LogP contribution in [0.4, 0.5) is 0 Å². The SMILES string of the molecule is Cc1ccc2ccc(O)cc2c1.Oc1ccc(O)c2ccccc12.Oc1ccc2c(O)cccc2c1.Oc1ccc2cccc(O)c2c1.Oc1cccc2cccc(O)c12. The van der Waals surface area contributed by atoms with Crippen LogP contribution >= 0.6 is 0 Å². The van der Waals surface area contributed by atoms with Crippen molar-refractivity contribution in [1.29, 1.82) is 0 Å². The van der Waals surface area contributed by atoms with E-state index in [1.165, 1.54) is 23.1 Å². The van der Waals surface area contributed by atoms with Gasteiger partial charge in [-0.15, -0.1) is 0 Å². The quantitative estimate of drug-likeness (QED) is 0.0674. The summed E-state index contributed by atoms with van der Waals surface area (Å²) < 4.78 is 0. The minimum absolute atomic E-state index is 0.116. The summed E-state index contributed by atoms with van der Waals surface area (Å²) in [6.45, 7) is 2.05. The van der Waals surface area contributed by atoms with Crippen LogP contribution in [0.1, 0.15) is 5.56 Å². The van der Waals surface area contributed by atoms with Crippen LogP contribution < -0.4 is 0 Å². The number of benzene rings is 10. The molecule has 0 aliphatic heterocycles. The Labute approximate surface area is 345 Å². The first-order valence-corrected chi connectivity index (χ1v) is 18.7. The second kappa shape index (κ2) is 18.8. The largest absolute Gasteiger partial charge is 0.508 e. The molecule has 0 unspecified atom stereocenters. The molecule has 0 atom stereocenters. The van der Waals surface area contributed by atoms with Crippen molar-refractivity contribution in [3.05, 3.63) is 188 Å². The summed E-state index contributed by atoms with van der Waals surface area (Å²) in [7, 11) is 0. The molecule has 0 heterocycles. The van der Waals surface area contributed by atoms with Gasteiger partial charge >= 0.3 is 0 Å². The lowest BCUT2D eigenvalue weighted by molar-refractivity contribution is 0.464. The van der Waals surface area contributed by atoms with Crippen LogP contribution in [-0.4, -0.2) is 46.0 Å². The standard InChI is InChI=1S/C11H10O.4C10H8O2/c1-8-2-3-9-4-5-11(12)7-10(9)6-8;11-8-5-1-3-7-4-2-6-9(12)10(7)8;11-8-4-5-9-7(6-8)2-1-3-10(9)12;11-8-5-4-7-2-1-3-10(12)9(7)6-8;11-9-5-6-10(12)8-4-2-1-3-7(8)9/h2-7,12H,1H3;4*1-6,11-12H. The molecule has 0 fully saturated rings. The average Bonchev–Trinajstić information content (AvgIpc) is 3.24. The van der Waals surface area contributed by atoms with E-state index in [4.69, 9.17) is 10.2 Å². The fraction of sp³-hybridized carbons (Fsp3) is 0.0196. The molecule has 0 bridgehead atoms. The number of hydrogen-bond donors (Lipinski definition) is 9. The molecule has 0 spiro atoms. The molecule has 300 valence electrons. The van der Waals surface area contributed by atoms with Gasteiger partial charge in [-0.05, 0) is 113 Å². The van der Waals surface area contributed by atoms with E-state index < -0.39 is 0 Å². The summed E-state index contributed by atoms with van der Waals surface area (Å²) in [5, 5.41) is 92.0. The Morgan fingerprint density at radius 3 is 1.27 bits per heavy atom. The van der Waals surface area contributed by atoms with Crippen molar-refractivity contribution in [3.63, 3.8) is 0 Å². The number of phenolic OH excluding ortho intramolecular Hbond substituents is 9. The van der Waals surface area contributed by atoms with E-state index in [1.54, 1.807) is 109 Å². The Morgan fingerprint density at radius 1 is 0.250 bits per heavy atom. The number of aromatic hydroxyl groups is 9. The van der Waals surface area contributed by atoms with Crippen molar-refractivity contribution in [3.8, 4) is 51.7 Å². The minimum Gasteiger partial charge on any atom is -0.508 e. The maximum Gasteiger partial charge on any atom is 0.127 e. The normalized spacial score (nSPS) is 10.3. The van der Waals surface area contributed by atoms with Gasteiger partial charge in [-0.25, -0.2) is 0 Å². The fourth-order valence-corrected chi connectivity index (χ4v) is 6.42.